The van der Waals surface area contributed by atoms with Gasteiger partial charge < -0.3 is 19.5 Å². The van der Waals surface area contributed by atoms with Gasteiger partial charge in [-0.2, -0.15) is 0 Å². The highest BCUT2D eigenvalue weighted by Crippen LogP contribution is 2.37. The minimum absolute atomic E-state index is 0.150. The number of nitrogens with zero attached hydrogens (tertiary/aromatic N) is 4. The molecule has 0 radical (unpaired) electrons. The van der Waals surface area contributed by atoms with E-state index in [2.05, 4.69) is 9.88 Å². The van der Waals surface area contributed by atoms with Gasteiger partial charge in [-0.25, -0.2) is 14.2 Å². The quantitative estimate of drug-likeness (QED) is 0.683. The van der Waals surface area contributed by atoms with Crippen LogP contribution in [0.25, 0.3) is 21.9 Å². The molecule has 7 nitrogen and oxygen atoms in total. The van der Waals surface area contributed by atoms with Crippen LogP contribution in [0.5, 0.6) is 0 Å². The van der Waals surface area contributed by atoms with Crippen LogP contribution in [0.3, 0.4) is 0 Å². The Morgan fingerprint density at radius 2 is 1.97 bits per heavy atom. The second-order valence-electron chi connectivity index (χ2n) is 8.19. The van der Waals surface area contributed by atoms with Crippen LogP contribution < -0.4 is 10.3 Å². The molecule has 1 aliphatic heterocycles. The molecule has 0 atom stereocenters. The number of aromatic carboxylic acids is 1. The number of carbonyl (C=O) groups is 1. The molecule has 1 saturated carbocycles. The Kier molecular flexibility index (Phi) is 3.89. The van der Waals surface area contributed by atoms with Gasteiger partial charge in [0.05, 0.1) is 16.6 Å². The first-order valence-electron chi connectivity index (χ1n) is 9.67. The van der Waals surface area contributed by atoms with Crippen molar-refractivity contribution in [3.8, 4) is 0 Å². The largest absolute Gasteiger partial charge is 0.477 e. The molecule has 29 heavy (non-hydrogen) atoms. The Labute approximate surface area is 166 Å². The topological polar surface area (TPSA) is 78.7 Å². The van der Waals surface area contributed by atoms with Gasteiger partial charge in [-0.3, -0.25) is 4.79 Å². The van der Waals surface area contributed by atoms with E-state index in [1.54, 1.807) is 16.7 Å². The van der Waals surface area contributed by atoms with Crippen molar-refractivity contribution in [2.24, 2.45) is 0 Å². The maximum atomic E-state index is 14.8. The van der Waals surface area contributed by atoms with E-state index in [0.717, 1.165) is 25.9 Å². The molecule has 0 amide bonds. The van der Waals surface area contributed by atoms with E-state index in [1.165, 1.54) is 12.3 Å². The predicted octanol–water partition coefficient (Wildman–Crippen LogP) is 2.47. The Morgan fingerprint density at radius 3 is 2.59 bits per heavy atom. The van der Waals surface area contributed by atoms with E-state index in [1.807, 2.05) is 19.0 Å². The van der Waals surface area contributed by atoms with Crippen molar-refractivity contribution in [1.82, 2.24) is 14.5 Å². The summed E-state index contributed by atoms with van der Waals surface area (Å²) >= 11 is 0. The number of carboxylic acids is 1. The summed E-state index contributed by atoms with van der Waals surface area (Å²) in [6.07, 6.45) is 3.24. The maximum Gasteiger partial charge on any atom is 0.341 e. The molecule has 1 aliphatic carbocycles. The van der Waals surface area contributed by atoms with Gasteiger partial charge in [-0.15, -0.1) is 0 Å². The fourth-order valence-corrected chi connectivity index (χ4v) is 3.95. The van der Waals surface area contributed by atoms with Crippen LogP contribution in [0.2, 0.25) is 0 Å². The lowest BCUT2D eigenvalue weighted by atomic mass is 10.0. The average molecular weight is 396 g/mol. The number of aromatic nitrogens is 2. The van der Waals surface area contributed by atoms with Crippen LogP contribution in [0, 0.1) is 5.82 Å². The van der Waals surface area contributed by atoms with Gasteiger partial charge >= 0.3 is 5.97 Å². The maximum absolute atomic E-state index is 14.8. The van der Waals surface area contributed by atoms with E-state index in [9.17, 15) is 19.1 Å². The number of carboxylic acid groups (broad SMARTS) is 1. The third-order valence-electron chi connectivity index (χ3n) is 5.97. The van der Waals surface area contributed by atoms with Gasteiger partial charge in [0.25, 0.3) is 0 Å². The van der Waals surface area contributed by atoms with Gasteiger partial charge in [-0.1, -0.05) is 0 Å². The highest BCUT2D eigenvalue weighted by Gasteiger charge is 2.31. The molecule has 5 rings (SSSR count). The Morgan fingerprint density at radius 1 is 1.24 bits per heavy atom. The highest BCUT2D eigenvalue weighted by molar-refractivity contribution is 5.97. The minimum Gasteiger partial charge on any atom is -0.477 e. The Balaban J connectivity index is 1.68. The molecule has 0 bridgehead atoms. The van der Waals surface area contributed by atoms with Crippen LogP contribution in [0.4, 0.5) is 10.1 Å². The second-order valence-corrected chi connectivity index (χ2v) is 8.19. The van der Waals surface area contributed by atoms with Gasteiger partial charge in [0.1, 0.15) is 17.0 Å². The molecule has 2 aromatic heterocycles. The first kappa shape index (κ1) is 18.1. The van der Waals surface area contributed by atoms with Crippen molar-refractivity contribution >= 4 is 33.6 Å². The number of benzene rings is 1. The van der Waals surface area contributed by atoms with Crippen molar-refractivity contribution in [1.29, 1.82) is 0 Å². The summed E-state index contributed by atoms with van der Waals surface area (Å²) in [7, 11) is 4.02. The van der Waals surface area contributed by atoms with Gasteiger partial charge in [0, 0.05) is 36.8 Å². The number of rotatable bonds is 4. The van der Waals surface area contributed by atoms with E-state index in [0.29, 0.717) is 28.3 Å². The smallest absolute Gasteiger partial charge is 0.341 e. The van der Waals surface area contributed by atoms with Crippen molar-refractivity contribution in [3.05, 3.63) is 46.0 Å². The zero-order valence-corrected chi connectivity index (χ0v) is 16.2. The van der Waals surface area contributed by atoms with Crippen LogP contribution >= 0.6 is 0 Å². The SMILES string of the molecule is CN(C)C1CN(c2cc3nc4c(cc3cc2F)c(=O)c(C(=O)O)cn4C2CC2)C1. The van der Waals surface area contributed by atoms with E-state index >= 15 is 0 Å². The standard InChI is InChI=1S/C21H21FN4O3/c1-24(2)13-8-25(9-13)18-7-17-11(6-16(18)22)5-14-19(27)15(21(28)29)10-26(12-3-4-12)20(14)23-17/h5-7,10,12-13H,3-4,8-9H2,1-2H3,(H,28,29). The van der Waals surface area contributed by atoms with Crippen molar-refractivity contribution in [2.75, 3.05) is 32.1 Å². The number of fused-ring (bicyclic) bond motifs is 2. The molecule has 1 N–H and O–H groups in total. The van der Waals surface area contributed by atoms with E-state index in [-0.39, 0.29) is 22.8 Å². The molecular weight excluding hydrogens is 375 g/mol. The van der Waals surface area contributed by atoms with Crippen LogP contribution in [0.1, 0.15) is 29.2 Å². The third kappa shape index (κ3) is 2.86. The number of anilines is 1. The van der Waals surface area contributed by atoms with E-state index < -0.39 is 11.4 Å². The lowest BCUT2D eigenvalue weighted by Crippen LogP contribution is -2.57. The van der Waals surface area contributed by atoms with E-state index in [4.69, 9.17) is 0 Å². The summed E-state index contributed by atoms with van der Waals surface area (Å²) in [6.45, 7) is 1.50. The number of halogens is 1. The molecule has 2 aliphatic rings. The van der Waals surface area contributed by atoms with Crippen molar-refractivity contribution < 1.29 is 14.3 Å². The monoisotopic (exact) mass is 396 g/mol. The Bertz CT molecular complexity index is 1230. The zero-order chi connectivity index (χ0) is 20.4. The molecule has 150 valence electrons. The van der Waals surface area contributed by atoms with Gasteiger partial charge in [0.15, 0.2) is 0 Å². The molecular formula is C21H21FN4O3. The lowest BCUT2D eigenvalue weighted by Gasteiger charge is -2.44. The summed E-state index contributed by atoms with van der Waals surface area (Å²) in [5.41, 5.74) is 0.698. The predicted molar refractivity (Wildman–Crippen MR) is 108 cm³/mol. The Hall–Kier alpha value is -3.00. The molecule has 0 spiro atoms. The van der Waals surface area contributed by atoms with Gasteiger partial charge in [-0.05, 0) is 45.1 Å². The molecule has 0 unspecified atom stereocenters. The van der Waals surface area contributed by atoms with Crippen molar-refractivity contribution in [2.45, 2.75) is 24.9 Å². The summed E-state index contributed by atoms with van der Waals surface area (Å²) in [4.78, 5) is 33.0. The lowest BCUT2D eigenvalue weighted by molar-refractivity contribution is 0.0695. The van der Waals surface area contributed by atoms with Crippen molar-refractivity contribution in [3.63, 3.8) is 0 Å². The summed E-state index contributed by atoms with van der Waals surface area (Å²) in [5.74, 6) is -1.63. The third-order valence-corrected chi connectivity index (χ3v) is 5.97. The molecule has 3 heterocycles. The molecule has 3 aromatic rings. The van der Waals surface area contributed by atoms with Crippen LogP contribution in [0.15, 0.2) is 29.2 Å². The number of likely N-dealkylation sites (N-methyl/N-ethyl adjacent to an activating group) is 1. The molecule has 8 heteroatoms. The summed E-state index contributed by atoms with van der Waals surface area (Å²) in [6, 6.07) is 5.22. The highest BCUT2D eigenvalue weighted by atomic mass is 19.1. The minimum atomic E-state index is -1.26. The molecule has 1 saturated heterocycles. The fraction of sp³-hybridized carbons (Fsp3) is 0.381. The summed E-state index contributed by atoms with van der Waals surface area (Å²) in [5, 5.41) is 10.1. The first-order chi connectivity index (χ1) is 13.8. The number of pyridine rings is 2. The first-order valence-corrected chi connectivity index (χ1v) is 9.67. The van der Waals surface area contributed by atoms with Crippen LogP contribution in [-0.2, 0) is 0 Å². The number of hydrogen-bond donors (Lipinski definition) is 1. The normalized spacial score (nSPS) is 17.3. The fourth-order valence-electron chi connectivity index (χ4n) is 3.95. The molecule has 2 fully saturated rings. The zero-order valence-electron chi connectivity index (χ0n) is 16.2. The number of hydrogen-bond acceptors (Lipinski definition) is 5. The van der Waals surface area contributed by atoms with Crippen LogP contribution in [-0.4, -0.2) is 58.8 Å². The summed E-state index contributed by atoms with van der Waals surface area (Å²) < 4.78 is 16.6. The molecule has 1 aromatic carbocycles. The second kappa shape index (κ2) is 6.25. The van der Waals surface area contributed by atoms with Gasteiger partial charge in [0.2, 0.25) is 5.43 Å². The average Bonchev–Trinajstić information content (AvgIpc) is 3.44.